The first kappa shape index (κ1) is 24.2. The van der Waals surface area contributed by atoms with Gasteiger partial charge >= 0.3 is 0 Å². The molecule has 1 aliphatic rings. The van der Waals surface area contributed by atoms with Gasteiger partial charge in [-0.3, -0.25) is 14.3 Å². The summed E-state index contributed by atoms with van der Waals surface area (Å²) in [5.41, 5.74) is 2.43. The monoisotopic (exact) mass is 504 g/mol. The number of para-hydroxylation sites is 1. The van der Waals surface area contributed by atoms with Crippen LogP contribution < -0.4 is 5.32 Å². The van der Waals surface area contributed by atoms with Crippen LogP contribution in [-0.2, 0) is 16.9 Å². The van der Waals surface area contributed by atoms with Crippen LogP contribution in [0.1, 0.15) is 27.8 Å². The fraction of sp³-hybridized carbons (Fsp3) is 0.308. The Kier molecular flexibility index (Phi) is 8.06. The largest absolute Gasteiger partial charge is 0.447 e. The highest BCUT2D eigenvalue weighted by Crippen LogP contribution is 2.26. The van der Waals surface area contributed by atoms with E-state index in [1.165, 1.54) is 18.0 Å². The fourth-order valence-electron chi connectivity index (χ4n) is 3.97. The van der Waals surface area contributed by atoms with Gasteiger partial charge in [0.05, 0.1) is 19.0 Å². The number of nitrogens with zero attached hydrogens (tertiary/aromatic N) is 5. The maximum atomic E-state index is 12.5. The van der Waals surface area contributed by atoms with E-state index in [1.54, 1.807) is 0 Å². The third-order valence-corrected chi connectivity index (χ3v) is 6.76. The molecule has 2 aromatic heterocycles. The second-order valence-electron chi connectivity index (χ2n) is 8.36. The number of hydrogen-bond donors (Lipinski definition) is 1. The lowest BCUT2D eigenvalue weighted by Gasteiger charge is -2.26. The molecule has 186 valence electrons. The normalized spacial score (nSPS) is 14.1. The Morgan fingerprint density at radius 2 is 1.75 bits per heavy atom. The number of carbonyl (C=O) groups is 1. The Labute approximate surface area is 213 Å². The third kappa shape index (κ3) is 6.20. The van der Waals surface area contributed by atoms with Crippen LogP contribution in [0.4, 0.5) is 0 Å². The maximum Gasteiger partial charge on any atom is 0.273 e. The lowest BCUT2D eigenvalue weighted by atomic mass is 10.1. The molecule has 0 unspecified atom stereocenters. The van der Waals surface area contributed by atoms with Gasteiger partial charge < -0.3 is 14.5 Å². The van der Waals surface area contributed by atoms with Crippen LogP contribution in [0.25, 0.3) is 5.69 Å². The fourth-order valence-corrected chi connectivity index (χ4v) is 4.80. The van der Waals surface area contributed by atoms with Crippen LogP contribution in [0.3, 0.4) is 0 Å². The van der Waals surface area contributed by atoms with Crippen LogP contribution in [0, 0.1) is 0 Å². The molecule has 0 atom stereocenters. The number of thioether (sulfide) groups is 1. The number of morpholine rings is 1. The van der Waals surface area contributed by atoms with Crippen molar-refractivity contribution < 1.29 is 13.9 Å². The van der Waals surface area contributed by atoms with Gasteiger partial charge in [0, 0.05) is 38.3 Å². The highest BCUT2D eigenvalue weighted by atomic mass is 32.2. The molecule has 0 aliphatic carbocycles. The molecule has 4 aromatic rings. The lowest BCUT2D eigenvalue weighted by molar-refractivity contribution is 0.0383. The molecule has 0 spiro atoms. The van der Waals surface area contributed by atoms with Gasteiger partial charge in [-0.25, -0.2) is 4.98 Å². The summed E-state index contributed by atoms with van der Waals surface area (Å²) in [5.74, 6) is 1.51. The van der Waals surface area contributed by atoms with Gasteiger partial charge in [0.25, 0.3) is 5.91 Å². The number of amides is 1. The summed E-state index contributed by atoms with van der Waals surface area (Å²) in [4.78, 5) is 19.1. The first-order valence-electron chi connectivity index (χ1n) is 12.0. The second-order valence-corrected chi connectivity index (χ2v) is 9.30. The van der Waals surface area contributed by atoms with Crippen molar-refractivity contribution in [2.24, 2.45) is 0 Å². The molecule has 1 aliphatic heterocycles. The summed E-state index contributed by atoms with van der Waals surface area (Å²) in [6, 6.07) is 20.2. The Hall–Kier alpha value is -3.47. The second kappa shape index (κ2) is 12.0. The predicted octanol–water partition coefficient (Wildman–Crippen LogP) is 3.20. The number of carbonyl (C=O) groups excluding carboxylic acids is 1. The Morgan fingerprint density at radius 1 is 1.00 bits per heavy atom. The summed E-state index contributed by atoms with van der Waals surface area (Å²) in [6.45, 7) is 4.61. The van der Waals surface area contributed by atoms with Crippen LogP contribution in [0.15, 0.2) is 76.5 Å². The molecule has 0 bridgehead atoms. The SMILES string of the molecule is O=C(NCCN1CCOCC1)c1coc(CSc2nnc(Cc3ccccc3)n2-c2ccccc2)n1. The number of hydrogen-bond acceptors (Lipinski definition) is 8. The van der Waals surface area contributed by atoms with Gasteiger partial charge in [0.15, 0.2) is 10.9 Å². The highest BCUT2D eigenvalue weighted by molar-refractivity contribution is 7.98. The van der Waals surface area contributed by atoms with Crippen molar-refractivity contribution in [1.82, 2.24) is 30.0 Å². The average Bonchev–Trinajstić information content (AvgIpc) is 3.56. The van der Waals surface area contributed by atoms with Gasteiger partial charge in [-0.2, -0.15) is 0 Å². The van der Waals surface area contributed by atoms with Gasteiger partial charge in [0.2, 0.25) is 5.89 Å². The molecule has 0 saturated carbocycles. The summed E-state index contributed by atoms with van der Waals surface area (Å²) in [7, 11) is 0. The van der Waals surface area contributed by atoms with Crippen molar-refractivity contribution in [1.29, 1.82) is 0 Å². The average molecular weight is 505 g/mol. The first-order valence-corrected chi connectivity index (χ1v) is 12.9. The number of ether oxygens (including phenoxy) is 1. The van der Waals surface area contributed by atoms with Crippen molar-refractivity contribution in [2.45, 2.75) is 17.3 Å². The zero-order valence-electron chi connectivity index (χ0n) is 19.9. The Balaban J connectivity index is 1.22. The molecular formula is C26H28N6O3S. The van der Waals surface area contributed by atoms with E-state index in [1.807, 2.05) is 48.5 Å². The van der Waals surface area contributed by atoms with Gasteiger partial charge in [0.1, 0.15) is 12.1 Å². The number of benzene rings is 2. The van der Waals surface area contributed by atoms with E-state index in [2.05, 4.69) is 42.1 Å². The molecule has 36 heavy (non-hydrogen) atoms. The smallest absolute Gasteiger partial charge is 0.273 e. The summed E-state index contributed by atoms with van der Waals surface area (Å²) in [6.07, 6.45) is 2.07. The number of aromatic nitrogens is 4. The van der Waals surface area contributed by atoms with E-state index in [0.29, 0.717) is 24.6 Å². The number of rotatable bonds is 10. The summed E-state index contributed by atoms with van der Waals surface area (Å²) < 4.78 is 13.0. The first-order chi connectivity index (χ1) is 17.8. The van der Waals surface area contributed by atoms with Crippen LogP contribution >= 0.6 is 11.8 Å². The van der Waals surface area contributed by atoms with E-state index >= 15 is 0 Å². The van der Waals surface area contributed by atoms with Crippen molar-refractivity contribution in [3.63, 3.8) is 0 Å². The van der Waals surface area contributed by atoms with Crippen molar-refractivity contribution in [3.05, 3.63) is 89.9 Å². The molecule has 1 fully saturated rings. The zero-order chi connectivity index (χ0) is 24.6. The highest BCUT2D eigenvalue weighted by Gasteiger charge is 2.18. The topological polar surface area (TPSA) is 98.3 Å². The molecule has 1 saturated heterocycles. The minimum absolute atomic E-state index is 0.235. The van der Waals surface area contributed by atoms with E-state index in [0.717, 1.165) is 55.1 Å². The predicted molar refractivity (Wildman–Crippen MR) is 136 cm³/mol. The molecule has 5 rings (SSSR count). The molecule has 10 heteroatoms. The van der Waals surface area contributed by atoms with E-state index in [4.69, 9.17) is 9.15 Å². The Morgan fingerprint density at radius 3 is 2.53 bits per heavy atom. The van der Waals surface area contributed by atoms with Crippen LogP contribution in [0.5, 0.6) is 0 Å². The molecule has 1 N–H and O–H groups in total. The summed E-state index contributed by atoms with van der Waals surface area (Å²) >= 11 is 1.47. The quantitative estimate of drug-likeness (QED) is 0.329. The van der Waals surface area contributed by atoms with Crippen LogP contribution in [-0.4, -0.2) is 69.9 Å². The van der Waals surface area contributed by atoms with Gasteiger partial charge in [-0.1, -0.05) is 60.3 Å². The van der Waals surface area contributed by atoms with E-state index in [9.17, 15) is 4.79 Å². The standard InChI is InChI=1S/C26H28N6O3S/c33-25(27-11-12-31-13-15-34-16-14-31)22-18-35-24(28-22)19-36-26-30-29-23(17-20-7-3-1-4-8-20)32(26)21-9-5-2-6-10-21/h1-10,18H,11-17,19H2,(H,27,33). The molecule has 0 radical (unpaired) electrons. The molecule has 1 amide bonds. The number of oxazole rings is 1. The molecular weight excluding hydrogens is 476 g/mol. The minimum Gasteiger partial charge on any atom is -0.447 e. The lowest BCUT2D eigenvalue weighted by Crippen LogP contribution is -2.41. The van der Waals surface area contributed by atoms with E-state index < -0.39 is 0 Å². The molecule has 2 aromatic carbocycles. The van der Waals surface area contributed by atoms with Gasteiger partial charge in [-0.15, -0.1) is 10.2 Å². The molecule has 3 heterocycles. The van der Waals surface area contributed by atoms with Crippen LogP contribution in [0.2, 0.25) is 0 Å². The van der Waals surface area contributed by atoms with Crippen molar-refractivity contribution in [2.75, 3.05) is 39.4 Å². The number of nitrogens with one attached hydrogen (secondary N) is 1. The van der Waals surface area contributed by atoms with Crippen molar-refractivity contribution >= 4 is 17.7 Å². The van der Waals surface area contributed by atoms with Crippen molar-refractivity contribution in [3.8, 4) is 5.69 Å². The van der Waals surface area contributed by atoms with E-state index in [-0.39, 0.29) is 11.6 Å². The minimum atomic E-state index is -0.235. The maximum absolute atomic E-state index is 12.5. The Bertz CT molecular complexity index is 1260. The third-order valence-electron chi connectivity index (χ3n) is 5.85. The summed E-state index contributed by atoms with van der Waals surface area (Å²) in [5, 5.41) is 12.6. The molecule has 9 nitrogen and oxygen atoms in total. The zero-order valence-corrected chi connectivity index (χ0v) is 20.7. The van der Waals surface area contributed by atoms with Gasteiger partial charge in [-0.05, 0) is 17.7 Å².